The van der Waals surface area contributed by atoms with E-state index in [-0.39, 0.29) is 24.0 Å². The van der Waals surface area contributed by atoms with E-state index in [1.54, 1.807) is 7.11 Å². The van der Waals surface area contributed by atoms with Crippen molar-refractivity contribution >= 4 is 41.3 Å². The van der Waals surface area contributed by atoms with Gasteiger partial charge in [-0.05, 0) is 62.0 Å². The van der Waals surface area contributed by atoms with E-state index in [2.05, 4.69) is 46.0 Å². The fourth-order valence-electron chi connectivity index (χ4n) is 3.42. The van der Waals surface area contributed by atoms with Crippen molar-refractivity contribution in [1.29, 1.82) is 0 Å². The third-order valence-electron chi connectivity index (χ3n) is 4.81. The topological polar surface area (TPSA) is 48.9 Å². The standard InChI is InChI=1S/C21H30N4OS.HI/c1-3-22-21(23-15-17-8-6-9-18(14-17)26-2)24-16-19(20-10-7-13-27-20)25-11-4-5-12-25;/h6-10,13-14,19H,3-5,11-12,15-16H2,1-2H3,(H2,22,23,24);1H. The molecule has 0 aliphatic carbocycles. The summed E-state index contributed by atoms with van der Waals surface area (Å²) in [6.45, 7) is 6.80. The molecule has 0 amide bonds. The number of aliphatic imine (C=N–C) groups is 1. The highest BCUT2D eigenvalue weighted by Gasteiger charge is 2.24. The smallest absolute Gasteiger partial charge is 0.191 e. The molecular formula is C21H31IN4OS. The Bertz CT molecular complexity index is 717. The van der Waals surface area contributed by atoms with Gasteiger partial charge in [-0.3, -0.25) is 4.90 Å². The number of benzene rings is 1. The molecule has 5 nitrogen and oxygen atoms in total. The number of likely N-dealkylation sites (tertiary alicyclic amines) is 1. The molecule has 3 rings (SSSR count). The number of thiophene rings is 1. The minimum Gasteiger partial charge on any atom is -0.497 e. The highest BCUT2D eigenvalue weighted by molar-refractivity contribution is 14.0. The van der Waals surface area contributed by atoms with E-state index in [0.717, 1.165) is 30.4 Å². The average Bonchev–Trinajstić information content (AvgIpc) is 3.41. The molecule has 1 fully saturated rings. The zero-order chi connectivity index (χ0) is 18.9. The summed E-state index contributed by atoms with van der Waals surface area (Å²) in [6, 6.07) is 12.9. The van der Waals surface area contributed by atoms with Crippen molar-refractivity contribution < 1.29 is 4.74 Å². The van der Waals surface area contributed by atoms with Gasteiger partial charge < -0.3 is 15.4 Å². The Hall–Kier alpha value is -1.32. The summed E-state index contributed by atoms with van der Waals surface area (Å²) in [7, 11) is 1.69. The van der Waals surface area contributed by atoms with Crippen LogP contribution in [0.15, 0.2) is 46.8 Å². The van der Waals surface area contributed by atoms with Gasteiger partial charge in [0.2, 0.25) is 0 Å². The molecule has 7 heteroatoms. The summed E-state index contributed by atoms with van der Waals surface area (Å²) in [5.41, 5.74) is 1.14. The van der Waals surface area contributed by atoms with Crippen LogP contribution < -0.4 is 15.4 Å². The summed E-state index contributed by atoms with van der Waals surface area (Å²) in [5.74, 6) is 1.73. The first-order valence-corrected chi connectivity index (χ1v) is 10.6. The van der Waals surface area contributed by atoms with Gasteiger partial charge in [0.1, 0.15) is 5.75 Å². The van der Waals surface area contributed by atoms with Crippen LogP contribution in [0.5, 0.6) is 5.75 Å². The minimum atomic E-state index is 0. The quantitative estimate of drug-likeness (QED) is 0.314. The van der Waals surface area contributed by atoms with Gasteiger partial charge in [0.05, 0.1) is 19.7 Å². The zero-order valence-corrected chi connectivity index (χ0v) is 19.8. The molecule has 28 heavy (non-hydrogen) atoms. The molecule has 1 aromatic heterocycles. The Morgan fingerprint density at radius 1 is 1.21 bits per heavy atom. The first-order valence-electron chi connectivity index (χ1n) is 9.72. The van der Waals surface area contributed by atoms with Crippen LogP contribution >= 0.6 is 35.3 Å². The normalized spacial score (nSPS) is 15.7. The van der Waals surface area contributed by atoms with Gasteiger partial charge in [0.25, 0.3) is 0 Å². The van der Waals surface area contributed by atoms with Gasteiger partial charge in [-0.25, -0.2) is 4.99 Å². The summed E-state index contributed by atoms with van der Waals surface area (Å²) >= 11 is 1.84. The first-order chi connectivity index (χ1) is 13.3. The van der Waals surface area contributed by atoms with Crippen LogP contribution in [-0.2, 0) is 6.54 Å². The molecule has 0 radical (unpaired) electrons. The molecule has 0 spiro atoms. The number of halogens is 1. The lowest BCUT2D eigenvalue weighted by molar-refractivity contribution is 0.249. The summed E-state index contributed by atoms with van der Waals surface area (Å²) in [5, 5.41) is 9.09. The van der Waals surface area contributed by atoms with Crippen molar-refractivity contribution in [3.8, 4) is 5.75 Å². The second kappa shape index (κ2) is 12.3. The number of nitrogens with zero attached hydrogens (tertiary/aromatic N) is 2. The molecule has 1 atom stereocenters. The predicted octanol–water partition coefficient (Wildman–Crippen LogP) is 4.27. The maximum Gasteiger partial charge on any atom is 0.191 e. The Kier molecular flexibility index (Phi) is 10.1. The monoisotopic (exact) mass is 514 g/mol. The number of methoxy groups -OCH3 is 1. The van der Waals surface area contributed by atoms with E-state index in [1.807, 2.05) is 29.5 Å². The number of hydrogen-bond acceptors (Lipinski definition) is 4. The lowest BCUT2D eigenvalue weighted by atomic mass is 10.2. The molecule has 1 aromatic carbocycles. The van der Waals surface area contributed by atoms with E-state index in [4.69, 9.17) is 9.73 Å². The summed E-state index contributed by atoms with van der Waals surface area (Å²) < 4.78 is 5.30. The van der Waals surface area contributed by atoms with Crippen LogP contribution in [0.1, 0.15) is 36.2 Å². The summed E-state index contributed by atoms with van der Waals surface area (Å²) in [6.07, 6.45) is 2.59. The fraction of sp³-hybridized carbons (Fsp3) is 0.476. The van der Waals surface area contributed by atoms with Gasteiger partial charge in [0.15, 0.2) is 5.96 Å². The van der Waals surface area contributed by atoms with Crippen LogP contribution in [-0.4, -0.2) is 44.1 Å². The number of nitrogens with one attached hydrogen (secondary N) is 2. The maximum atomic E-state index is 5.30. The third kappa shape index (κ3) is 6.63. The van der Waals surface area contributed by atoms with Crippen molar-refractivity contribution in [1.82, 2.24) is 15.5 Å². The Morgan fingerprint density at radius 2 is 2.04 bits per heavy atom. The zero-order valence-electron chi connectivity index (χ0n) is 16.7. The number of ether oxygens (including phenoxy) is 1. The van der Waals surface area contributed by atoms with E-state index in [0.29, 0.717) is 12.6 Å². The summed E-state index contributed by atoms with van der Waals surface area (Å²) in [4.78, 5) is 8.77. The lowest BCUT2D eigenvalue weighted by Crippen LogP contribution is -2.42. The van der Waals surface area contributed by atoms with Crippen molar-refractivity contribution in [2.75, 3.05) is 33.3 Å². The van der Waals surface area contributed by atoms with Crippen LogP contribution in [0, 0.1) is 0 Å². The van der Waals surface area contributed by atoms with Crippen molar-refractivity contribution in [2.45, 2.75) is 32.4 Å². The molecule has 1 aliphatic rings. The second-order valence-corrected chi connectivity index (χ2v) is 7.68. The van der Waals surface area contributed by atoms with Gasteiger partial charge in [-0.2, -0.15) is 0 Å². The molecule has 1 aliphatic heterocycles. The third-order valence-corrected chi connectivity index (χ3v) is 5.79. The van der Waals surface area contributed by atoms with Gasteiger partial charge >= 0.3 is 0 Å². The van der Waals surface area contributed by atoms with Crippen LogP contribution in [0.2, 0.25) is 0 Å². The maximum absolute atomic E-state index is 5.30. The van der Waals surface area contributed by atoms with Crippen LogP contribution in [0.25, 0.3) is 0 Å². The Balaban J connectivity index is 0.00000280. The van der Waals surface area contributed by atoms with Gasteiger partial charge in [-0.15, -0.1) is 35.3 Å². The van der Waals surface area contributed by atoms with Crippen LogP contribution in [0.4, 0.5) is 0 Å². The van der Waals surface area contributed by atoms with Crippen molar-refractivity contribution in [3.05, 3.63) is 52.2 Å². The molecular weight excluding hydrogens is 483 g/mol. The SMILES string of the molecule is CCNC(=NCc1cccc(OC)c1)NCC(c1cccs1)N1CCCC1.I. The van der Waals surface area contributed by atoms with E-state index in [1.165, 1.54) is 30.8 Å². The van der Waals surface area contributed by atoms with E-state index >= 15 is 0 Å². The van der Waals surface area contributed by atoms with Gasteiger partial charge in [0, 0.05) is 18.0 Å². The first kappa shape index (κ1) is 23.0. The molecule has 154 valence electrons. The fourth-order valence-corrected chi connectivity index (χ4v) is 4.28. The van der Waals surface area contributed by atoms with Crippen LogP contribution in [0.3, 0.4) is 0 Å². The van der Waals surface area contributed by atoms with Gasteiger partial charge in [-0.1, -0.05) is 18.2 Å². The van der Waals surface area contributed by atoms with Crippen molar-refractivity contribution in [3.63, 3.8) is 0 Å². The second-order valence-electron chi connectivity index (χ2n) is 6.70. The largest absolute Gasteiger partial charge is 0.497 e. The molecule has 2 aromatic rings. The molecule has 0 saturated carbocycles. The molecule has 2 heterocycles. The minimum absolute atomic E-state index is 0. The Labute approximate surface area is 189 Å². The molecule has 1 unspecified atom stereocenters. The lowest BCUT2D eigenvalue weighted by Gasteiger charge is -2.27. The van der Waals surface area contributed by atoms with E-state index < -0.39 is 0 Å². The van der Waals surface area contributed by atoms with E-state index in [9.17, 15) is 0 Å². The molecule has 2 N–H and O–H groups in total. The predicted molar refractivity (Wildman–Crippen MR) is 129 cm³/mol. The number of hydrogen-bond donors (Lipinski definition) is 2. The van der Waals surface area contributed by atoms with Crippen molar-refractivity contribution in [2.24, 2.45) is 4.99 Å². The number of guanidine groups is 1. The molecule has 1 saturated heterocycles. The highest BCUT2D eigenvalue weighted by atomic mass is 127. The Morgan fingerprint density at radius 3 is 2.71 bits per heavy atom. The molecule has 0 bridgehead atoms. The average molecular weight is 514 g/mol. The highest BCUT2D eigenvalue weighted by Crippen LogP contribution is 2.27. The number of rotatable bonds is 8.